The van der Waals surface area contributed by atoms with Crippen LogP contribution >= 0.6 is 15.9 Å². The van der Waals surface area contributed by atoms with E-state index in [0.29, 0.717) is 12.0 Å². The molecule has 2 aliphatic rings. The number of nitrogens with zero attached hydrogens (tertiary/aromatic N) is 2. The van der Waals surface area contributed by atoms with Gasteiger partial charge in [-0.05, 0) is 67.3 Å². The van der Waals surface area contributed by atoms with Gasteiger partial charge in [0.1, 0.15) is 5.82 Å². The summed E-state index contributed by atoms with van der Waals surface area (Å²) in [4.78, 5) is 8.93. The normalized spacial score (nSPS) is 29.0. The largest absolute Gasteiger partial charge is 0.390 e. The molecule has 1 aromatic rings. The summed E-state index contributed by atoms with van der Waals surface area (Å²) in [6.45, 7) is 2.89. The third kappa shape index (κ3) is 4.10. The quantitative estimate of drug-likeness (QED) is 0.741. The molecular weight excluding hydrogens is 344 g/mol. The SMILES string of the molecule is CC1(O)CCC(Nc2nc(NCC3CCC3)ncc2Br)CC1. The number of nitrogens with one attached hydrogen (secondary N) is 2. The van der Waals surface area contributed by atoms with Crippen LogP contribution in [0.25, 0.3) is 0 Å². The first-order valence-corrected chi connectivity index (χ1v) is 9.06. The van der Waals surface area contributed by atoms with E-state index >= 15 is 0 Å². The van der Waals surface area contributed by atoms with Crippen LogP contribution in [0.5, 0.6) is 0 Å². The van der Waals surface area contributed by atoms with E-state index in [1.54, 1.807) is 6.20 Å². The average Bonchev–Trinajstić information content (AvgIpc) is 2.43. The summed E-state index contributed by atoms with van der Waals surface area (Å²) in [5, 5.41) is 16.9. The van der Waals surface area contributed by atoms with Crippen molar-refractivity contribution in [3.05, 3.63) is 10.7 Å². The summed E-state index contributed by atoms with van der Waals surface area (Å²) in [5.74, 6) is 2.32. The van der Waals surface area contributed by atoms with Crippen LogP contribution in [0.1, 0.15) is 51.9 Å². The van der Waals surface area contributed by atoms with Gasteiger partial charge in [0.2, 0.25) is 5.95 Å². The molecule has 5 nitrogen and oxygen atoms in total. The minimum absolute atomic E-state index is 0.367. The van der Waals surface area contributed by atoms with Gasteiger partial charge in [-0.15, -0.1) is 0 Å². The first-order chi connectivity index (χ1) is 10.5. The third-order valence-electron chi connectivity index (χ3n) is 4.92. The molecule has 2 aliphatic carbocycles. The molecule has 0 atom stereocenters. The number of aliphatic hydroxyl groups is 1. The molecule has 1 heterocycles. The monoisotopic (exact) mass is 368 g/mol. The van der Waals surface area contributed by atoms with Gasteiger partial charge in [0.05, 0.1) is 10.1 Å². The molecule has 0 bridgehead atoms. The van der Waals surface area contributed by atoms with E-state index in [2.05, 4.69) is 36.5 Å². The molecule has 2 fully saturated rings. The number of hydrogen-bond acceptors (Lipinski definition) is 5. The maximum absolute atomic E-state index is 10.0. The van der Waals surface area contributed by atoms with Crippen LogP contribution in [0.2, 0.25) is 0 Å². The van der Waals surface area contributed by atoms with Crippen LogP contribution in [-0.2, 0) is 0 Å². The summed E-state index contributed by atoms with van der Waals surface area (Å²) in [7, 11) is 0. The van der Waals surface area contributed by atoms with Crippen molar-refractivity contribution in [1.29, 1.82) is 0 Å². The highest BCUT2D eigenvalue weighted by Crippen LogP contribution is 2.31. The maximum atomic E-state index is 10.0. The molecule has 3 rings (SSSR count). The number of rotatable bonds is 5. The molecule has 0 aromatic carbocycles. The van der Waals surface area contributed by atoms with Gasteiger partial charge >= 0.3 is 0 Å². The van der Waals surface area contributed by atoms with Crippen LogP contribution in [0.3, 0.4) is 0 Å². The Bertz CT molecular complexity index is 509. The second-order valence-electron chi connectivity index (χ2n) is 6.98. The van der Waals surface area contributed by atoms with Gasteiger partial charge in [-0.3, -0.25) is 0 Å². The topological polar surface area (TPSA) is 70.1 Å². The zero-order valence-corrected chi connectivity index (χ0v) is 14.7. The van der Waals surface area contributed by atoms with E-state index < -0.39 is 5.60 Å². The lowest BCUT2D eigenvalue weighted by Gasteiger charge is -2.33. The molecule has 0 unspecified atom stereocenters. The van der Waals surface area contributed by atoms with Gasteiger partial charge in [0.25, 0.3) is 0 Å². The van der Waals surface area contributed by atoms with Crippen LogP contribution in [0.4, 0.5) is 11.8 Å². The Morgan fingerprint density at radius 1 is 1.32 bits per heavy atom. The van der Waals surface area contributed by atoms with Crippen molar-refractivity contribution in [3.63, 3.8) is 0 Å². The van der Waals surface area contributed by atoms with E-state index in [0.717, 1.165) is 48.4 Å². The Balaban J connectivity index is 1.57. The summed E-state index contributed by atoms with van der Waals surface area (Å²) in [6, 6.07) is 0.367. The predicted octanol–water partition coefficient (Wildman–Crippen LogP) is 3.56. The van der Waals surface area contributed by atoms with Crippen molar-refractivity contribution in [2.75, 3.05) is 17.2 Å². The zero-order chi connectivity index (χ0) is 15.6. The fourth-order valence-corrected chi connectivity index (χ4v) is 3.37. The first kappa shape index (κ1) is 16.0. The van der Waals surface area contributed by atoms with Crippen molar-refractivity contribution in [2.45, 2.75) is 63.5 Å². The molecule has 0 saturated heterocycles. The highest BCUT2D eigenvalue weighted by atomic mass is 79.9. The number of hydrogen-bond donors (Lipinski definition) is 3. The third-order valence-corrected chi connectivity index (χ3v) is 5.50. The first-order valence-electron chi connectivity index (χ1n) is 8.27. The Morgan fingerprint density at radius 3 is 2.68 bits per heavy atom. The molecule has 0 aliphatic heterocycles. The molecule has 1 aromatic heterocycles. The number of aromatic nitrogens is 2. The highest BCUT2D eigenvalue weighted by molar-refractivity contribution is 9.10. The van der Waals surface area contributed by atoms with Gasteiger partial charge < -0.3 is 15.7 Å². The average molecular weight is 369 g/mol. The zero-order valence-electron chi connectivity index (χ0n) is 13.1. The van der Waals surface area contributed by atoms with Crippen molar-refractivity contribution >= 4 is 27.7 Å². The highest BCUT2D eigenvalue weighted by Gasteiger charge is 2.29. The van der Waals surface area contributed by atoms with Crippen LogP contribution in [0, 0.1) is 5.92 Å². The number of anilines is 2. The molecular formula is C16H25BrN4O. The van der Waals surface area contributed by atoms with E-state index in [9.17, 15) is 5.11 Å². The van der Waals surface area contributed by atoms with Crippen molar-refractivity contribution in [1.82, 2.24) is 9.97 Å². The van der Waals surface area contributed by atoms with Gasteiger partial charge in [0, 0.05) is 18.8 Å². The summed E-state index contributed by atoms with van der Waals surface area (Å²) in [5.41, 5.74) is -0.503. The van der Waals surface area contributed by atoms with E-state index in [1.807, 2.05) is 6.92 Å². The molecule has 122 valence electrons. The van der Waals surface area contributed by atoms with Gasteiger partial charge in [-0.1, -0.05) is 6.42 Å². The lowest BCUT2D eigenvalue weighted by atomic mass is 9.84. The van der Waals surface area contributed by atoms with Crippen LogP contribution in [-0.4, -0.2) is 33.3 Å². The lowest BCUT2D eigenvalue weighted by molar-refractivity contribution is 0.0196. The summed E-state index contributed by atoms with van der Waals surface area (Å²) in [6.07, 6.45) is 9.39. The van der Waals surface area contributed by atoms with E-state index in [-0.39, 0.29) is 0 Å². The molecule has 0 radical (unpaired) electrons. The van der Waals surface area contributed by atoms with Crippen molar-refractivity contribution in [2.24, 2.45) is 5.92 Å². The second kappa shape index (κ2) is 6.71. The molecule has 6 heteroatoms. The van der Waals surface area contributed by atoms with Crippen molar-refractivity contribution < 1.29 is 5.11 Å². The van der Waals surface area contributed by atoms with Crippen LogP contribution in [0.15, 0.2) is 10.7 Å². The van der Waals surface area contributed by atoms with Gasteiger partial charge in [-0.25, -0.2) is 4.98 Å². The summed E-state index contributed by atoms with van der Waals surface area (Å²) >= 11 is 3.52. The fraction of sp³-hybridized carbons (Fsp3) is 0.750. The smallest absolute Gasteiger partial charge is 0.224 e. The summed E-state index contributed by atoms with van der Waals surface area (Å²) < 4.78 is 0.888. The second-order valence-corrected chi connectivity index (χ2v) is 7.84. The van der Waals surface area contributed by atoms with Gasteiger partial charge in [0.15, 0.2) is 0 Å². The standard InChI is InChI=1S/C16H25BrN4O/c1-16(22)7-5-12(6-8-16)20-14-13(17)10-19-15(21-14)18-9-11-3-2-4-11/h10-12,22H,2-9H2,1H3,(H2,18,19,20,21). The fourth-order valence-electron chi connectivity index (χ4n) is 3.06. The van der Waals surface area contributed by atoms with E-state index in [4.69, 9.17) is 0 Å². The van der Waals surface area contributed by atoms with Crippen LogP contribution < -0.4 is 10.6 Å². The molecule has 0 amide bonds. The minimum atomic E-state index is -0.503. The Kier molecular flexibility index (Phi) is 4.88. The molecule has 22 heavy (non-hydrogen) atoms. The molecule has 3 N–H and O–H groups in total. The number of halogens is 1. The Morgan fingerprint density at radius 2 is 2.05 bits per heavy atom. The predicted molar refractivity (Wildman–Crippen MR) is 92.1 cm³/mol. The Labute approximate surface area is 140 Å². The minimum Gasteiger partial charge on any atom is -0.390 e. The maximum Gasteiger partial charge on any atom is 0.224 e. The van der Waals surface area contributed by atoms with Crippen molar-refractivity contribution in [3.8, 4) is 0 Å². The molecule has 2 saturated carbocycles. The van der Waals surface area contributed by atoms with Gasteiger partial charge in [-0.2, -0.15) is 4.98 Å². The lowest BCUT2D eigenvalue weighted by Crippen LogP contribution is -2.36. The Hall–Kier alpha value is -0.880. The molecule has 0 spiro atoms. The van der Waals surface area contributed by atoms with E-state index in [1.165, 1.54) is 19.3 Å².